The van der Waals surface area contributed by atoms with Gasteiger partial charge in [-0.15, -0.1) is 0 Å². The molecular weight excluding hydrogens is 250 g/mol. The van der Waals surface area contributed by atoms with Crippen molar-refractivity contribution in [1.29, 1.82) is 0 Å². The van der Waals surface area contributed by atoms with Crippen LogP contribution in [0.1, 0.15) is 58.1 Å². The maximum atomic E-state index is 11.9. The predicted molar refractivity (Wildman–Crippen MR) is 80.9 cm³/mol. The van der Waals surface area contributed by atoms with Gasteiger partial charge in [0.05, 0.1) is 18.8 Å². The number of ketones is 1. The zero-order chi connectivity index (χ0) is 14.7. The van der Waals surface area contributed by atoms with E-state index in [0.717, 1.165) is 25.9 Å². The van der Waals surface area contributed by atoms with E-state index in [1.807, 2.05) is 20.0 Å². The molecule has 4 heteroatoms. The third-order valence-corrected chi connectivity index (χ3v) is 4.17. The highest BCUT2D eigenvalue weighted by Gasteiger charge is 2.24. The zero-order valence-electron chi connectivity index (χ0n) is 13.2. The molecule has 1 saturated heterocycles. The van der Waals surface area contributed by atoms with Crippen LogP contribution in [-0.2, 0) is 4.79 Å². The second-order valence-electron chi connectivity index (χ2n) is 6.56. The van der Waals surface area contributed by atoms with Crippen LogP contribution in [0.2, 0.25) is 0 Å². The van der Waals surface area contributed by atoms with Gasteiger partial charge in [-0.2, -0.15) is 5.10 Å². The number of piperidine rings is 1. The molecule has 1 aliphatic heterocycles. The first-order valence-corrected chi connectivity index (χ1v) is 7.76. The summed E-state index contributed by atoms with van der Waals surface area (Å²) in [6, 6.07) is 0.413. The molecule has 2 rings (SSSR count). The molecule has 1 unspecified atom stereocenters. The topological polar surface area (TPSA) is 38.1 Å². The van der Waals surface area contributed by atoms with Crippen LogP contribution in [0.5, 0.6) is 0 Å². The first-order chi connectivity index (χ1) is 9.47. The fourth-order valence-corrected chi connectivity index (χ4v) is 2.64. The summed E-state index contributed by atoms with van der Waals surface area (Å²) in [5.41, 5.74) is 1.29. The van der Waals surface area contributed by atoms with E-state index >= 15 is 0 Å². The molecule has 0 N–H and O–H groups in total. The molecule has 0 spiro atoms. The van der Waals surface area contributed by atoms with Gasteiger partial charge in [0, 0.05) is 18.7 Å². The number of rotatable bonds is 5. The minimum atomic E-state index is 0.132. The largest absolute Gasteiger partial charge is 0.298 e. The van der Waals surface area contributed by atoms with E-state index in [9.17, 15) is 4.79 Å². The summed E-state index contributed by atoms with van der Waals surface area (Å²) in [5.74, 6) is 0.993. The molecule has 112 valence electrons. The summed E-state index contributed by atoms with van der Waals surface area (Å²) < 4.78 is 2.10. The lowest BCUT2D eigenvalue weighted by Crippen LogP contribution is -2.40. The summed E-state index contributed by atoms with van der Waals surface area (Å²) in [6.45, 7) is 10.9. The molecule has 20 heavy (non-hydrogen) atoms. The lowest BCUT2D eigenvalue weighted by molar-refractivity contribution is -0.123. The minimum absolute atomic E-state index is 0.132. The molecule has 0 aliphatic carbocycles. The maximum Gasteiger partial charge on any atom is 0.149 e. The van der Waals surface area contributed by atoms with Crippen molar-refractivity contribution in [3.05, 3.63) is 18.0 Å². The van der Waals surface area contributed by atoms with Crippen molar-refractivity contribution in [3.8, 4) is 0 Å². The number of likely N-dealkylation sites (tertiary alicyclic amines) is 1. The number of aromatic nitrogens is 2. The van der Waals surface area contributed by atoms with Crippen LogP contribution in [0.4, 0.5) is 0 Å². The number of nitrogens with zero attached hydrogens (tertiary/aromatic N) is 3. The number of hydrogen-bond donors (Lipinski definition) is 0. The van der Waals surface area contributed by atoms with Gasteiger partial charge < -0.3 is 0 Å². The fraction of sp³-hybridized carbons (Fsp3) is 0.750. The highest BCUT2D eigenvalue weighted by atomic mass is 16.1. The average molecular weight is 277 g/mol. The van der Waals surface area contributed by atoms with Crippen molar-refractivity contribution < 1.29 is 4.79 Å². The summed E-state index contributed by atoms with van der Waals surface area (Å²) in [7, 11) is 0. The van der Waals surface area contributed by atoms with E-state index in [0.29, 0.717) is 24.3 Å². The van der Waals surface area contributed by atoms with Crippen molar-refractivity contribution in [2.24, 2.45) is 5.92 Å². The Hall–Kier alpha value is -1.16. The molecule has 0 radical (unpaired) electrons. The molecule has 0 amide bonds. The summed E-state index contributed by atoms with van der Waals surface area (Å²) >= 11 is 0. The number of carbonyl (C=O) groups is 1. The van der Waals surface area contributed by atoms with E-state index in [2.05, 4.69) is 34.7 Å². The normalized spacial score (nSPS) is 20.8. The zero-order valence-corrected chi connectivity index (χ0v) is 13.2. The van der Waals surface area contributed by atoms with Gasteiger partial charge in [-0.1, -0.05) is 27.7 Å². The Balaban J connectivity index is 1.97. The summed E-state index contributed by atoms with van der Waals surface area (Å²) in [5, 5.41) is 4.51. The molecule has 1 aromatic heterocycles. The van der Waals surface area contributed by atoms with Gasteiger partial charge in [0.15, 0.2) is 0 Å². The first-order valence-electron chi connectivity index (χ1n) is 7.76. The third kappa shape index (κ3) is 3.69. The lowest BCUT2D eigenvalue weighted by atomic mass is 10.0. The van der Waals surface area contributed by atoms with Crippen molar-refractivity contribution in [2.75, 3.05) is 19.6 Å². The molecule has 1 fully saturated rings. The Morgan fingerprint density at radius 1 is 1.40 bits per heavy atom. The standard InChI is InChI=1S/C16H27N3O/c1-12(2)14-8-17-19(9-14)15-6-5-7-18(10-15)11-16(20)13(3)4/h8-9,12-13,15H,5-7,10-11H2,1-4H3. The number of Topliss-reactive ketones (excluding diaryl/α,β-unsaturated/α-hetero) is 1. The van der Waals surface area contributed by atoms with Gasteiger partial charge in [-0.3, -0.25) is 14.4 Å². The Morgan fingerprint density at radius 3 is 2.75 bits per heavy atom. The van der Waals surface area contributed by atoms with Gasteiger partial charge in [-0.05, 0) is 30.9 Å². The van der Waals surface area contributed by atoms with Gasteiger partial charge in [-0.25, -0.2) is 0 Å². The highest BCUT2D eigenvalue weighted by molar-refractivity contribution is 5.82. The maximum absolute atomic E-state index is 11.9. The SMILES string of the molecule is CC(C)C(=O)CN1CCCC(n2cc(C(C)C)cn2)C1. The van der Waals surface area contributed by atoms with Crippen molar-refractivity contribution in [1.82, 2.24) is 14.7 Å². The van der Waals surface area contributed by atoms with E-state index in [1.54, 1.807) is 0 Å². The van der Waals surface area contributed by atoms with E-state index < -0.39 is 0 Å². The molecular formula is C16H27N3O. The molecule has 1 aromatic rings. The van der Waals surface area contributed by atoms with Crippen LogP contribution in [0, 0.1) is 5.92 Å². The number of carbonyl (C=O) groups excluding carboxylic acids is 1. The first kappa shape index (κ1) is 15.2. The summed E-state index contributed by atoms with van der Waals surface area (Å²) in [4.78, 5) is 14.2. The Labute approximate surface area is 122 Å². The molecule has 1 aliphatic rings. The fourth-order valence-electron chi connectivity index (χ4n) is 2.64. The Kier molecular flexibility index (Phi) is 4.97. The smallest absolute Gasteiger partial charge is 0.149 e. The van der Waals surface area contributed by atoms with Crippen molar-refractivity contribution in [2.45, 2.75) is 52.5 Å². The molecule has 4 nitrogen and oxygen atoms in total. The monoisotopic (exact) mass is 277 g/mol. The highest BCUT2D eigenvalue weighted by Crippen LogP contribution is 2.23. The van der Waals surface area contributed by atoms with Crippen LogP contribution >= 0.6 is 0 Å². The Bertz CT molecular complexity index is 450. The van der Waals surface area contributed by atoms with Crippen LogP contribution < -0.4 is 0 Å². The molecule has 1 atom stereocenters. The minimum Gasteiger partial charge on any atom is -0.298 e. The van der Waals surface area contributed by atoms with Crippen molar-refractivity contribution in [3.63, 3.8) is 0 Å². The molecule has 2 heterocycles. The quantitative estimate of drug-likeness (QED) is 0.830. The van der Waals surface area contributed by atoms with Crippen LogP contribution in [0.15, 0.2) is 12.4 Å². The van der Waals surface area contributed by atoms with Crippen LogP contribution in [0.25, 0.3) is 0 Å². The van der Waals surface area contributed by atoms with Crippen molar-refractivity contribution >= 4 is 5.78 Å². The van der Waals surface area contributed by atoms with E-state index in [1.165, 1.54) is 5.56 Å². The van der Waals surface area contributed by atoms with Gasteiger partial charge in [0.25, 0.3) is 0 Å². The molecule has 0 saturated carbocycles. The van der Waals surface area contributed by atoms with Gasteiger partial charge in [0.1, 0.15) is 5.78 Å². The van der Waals surface area contributed by atoms with Crippen LogP contribution in [-0.4, -0.2) is 40.1 Å². The lowest BCUT2D eigenvalue weighted by Gasteiger charge is -2.32. The second-order valence-corrected chi connectivity index (χ2v) is 6.56. The third-order valence-electron chi connectivity index (χ3n) is 4.17. The van der Waals surface area contributed by atoms with Crippen LogP contribution in [0.3, 0.4) is 0 Å². The second kappa shape index (κ2) is 6.53. The molecule has 0 bridgehead atoms. The predicted octanol–water partition coefficient (Wildman–Crippen LogP) is 2.87. The average Bonchev–Trinajstić information content (AvgIpc) is 2.88. The molecule has 0 aromatic carbocycles. The van der Waals surface area contributed by atoms with E-state index in [-0.39, 0.29) is 5.92 Å². The summed E-state index contributed by atoms with van der Waals surface area (Å²) in [6.07, 6.45) is 6.45. The van der Waals surface area contributed by atoms with Gasteiger partial charge in [0.2, 0.25) is 0 Å². The number of hydrogen-bond acceptors (Lipinski definition) is 3. The van der Waals surface area contributed by atoms with E-state index in [4.69, 9.17) is 0 Å². The van der Waals surface area contributed by atoms with Gasteiger partial charge >= 0.3 is 0 Å². The Morgan fingerprint density at radius 2 is 2.15 bits per heavy atom.